The lowest BCUT2D eigenvalue weighted by molar-refractivity contribution is 0.0265. The molecule has 1 heteroatoms. The van der Waals surface area contributed by atoms with Gasteiger partial charge in [0.2, 0.25) is 0 Å². The summed E-state index contributed by atoms with van der Waals surface area (Å²) in [6, 6.07) is 8.62. The van der Waals surface area contributed by atoms with Crippen LogP contribution in [0.1, 0.15) is 57.9 Å². The largest absolute Gasteiger partial charge is 0.487 e. The van der Waals surface area contributed by atoms with Gasteiger partial charge in [0.1, 0.15) is 11.4 Å². The Morgan fingerprint density at radius 2 is 1.65 bits per heavy atom. The first-order valence-electron chi connectivity index (χ1n) is 7.06. The molecule has 0 amide bonds. The summed E-state index contributed by atoms with van der Waals surface area (Å²) in [4.78, 5) is 0. The van der Waals surface area contributed by atoms with E-state index in [1.54, 1.807) is 0 Å². The van der Waals surface area contributed by atoms with Crippen LogP contribution in [0.3, 0.4) is 0 Å². The monoisotopic (exact) mass is 232 g/mol. The quantitative estimate of drug-likeness (QED) is 0.728. The maximum Gasteiger partial charge on any atom is 0.120 e. The zero-order valence-electron chi connectivity index (χ0n) is 11.2. The van der Waals surface area contributed by atoms with Crippen molar-refractivity contribution in [3.63, 3.8) is 0 Å². The van der Waals surface area contributed by atoms with E-state index in [-0.39, 0.29) is 5.60 Å². The molecular formula is C16H24O. The molecule has 0 bridgehead atoms. The molecule has 1 fully saturated rings. The van der Waals surface area contributed by atoms with Crippen LogP contribution in [0.15, 0.2) is 24.3 Å². The van der Waals surface area contributed by atoms with Crippen LogP contribution in [0.25, 0.3) is 0 Å². The second kappa shape index (κ2) is 5.57. The second-order valence-corrected chi connectivity index (χ2v) is 5.20. The van der Waals surface area contributed by atoms with Gasteiger partial charge in [-0.2, -0.15) is 0 Å². The predicted molar refractivity (Wildman–Crippen MR) is 72.6 cm³/mol. The molecule has 0 N–H and O–H groups in total. The topological polar surface area (TPSA) is 9.23 Å². The Morgan fingerprint density at radius 3 is 2.18 bits per heavy atom. The molecule has 1 saturated carbocycles. The first kappa shape index (κ1) is 12.5. The van der Waals surface area contributed by atoms with Crippen molar-refractivity contribution in [3.8, 4) is 5.75 Å². The Morgan fingerprint density at radius 1 is 1.00 bits per heavy atom. The van der Waals surface area contributed by atoms with Crippen molar-refractivity contribution in [2.75, 3.05) is 0 Å². The zero-order valence-corrected chi connectivity index (χ0v) is 11.2. The standard InChI is InChI=1S/C16H24O/c1-3-14-8-10-15(11-9-14)17-16(4-2)12-6-5-7-13-16/h8-11H,3-7,12-13H2,1-2H3. The van der Waals surface area contributed by atoms with Crippen LogP contribution in [0.4, 0.5) is 0 Å². The molecule has 0 aliphatic heterocycles. The number of benzene rings is 1. The van der Waals surface area contributed by atoms with Crippen LogP contribution in [0, 0.1) is 0 Å². The van der Waals surface area contributed by atoms with Crippen molar-refractivity contribution in [1.29, 1.82) is 0 Å². The maximum atomic E-state index is 6.29. The summed E-state index contributed by atoms with van der Waals surface area (Å²) in [7, 11) is 0. The summed E-state index contributed by atoms with van der Waals surface area (Å²) in [5.74, 6) is 1.05. The fourth-order valence-corrected chi connectivity index (χ4v) is 2.77. The summed E-state index contributed by atoms with van der Waals surface area (Å²) in [5.41, 5.74) is 1.50. The number of ether oxygens (including phenoxy) is 1. The van der Waals surface area contributed by atoms with Crippen LogP contribution in [-0.4, -0.2) is 5.60 Å². The summed E-state index contributed by atoms with van der Waals surface area (Å²) >= 11 is 0. The molecular weight excluding hydrogens is 208 g/mol. The van der Waals surface area contributed by atoms with Crippen LogP contribution in [0.5, 0.6) is 5.75 Å². The van der Waals surface area contributed by atoms with Crippen LogP contribution < -0.4 is 4.74 Å². The predicted octanol–water partition coefficient (Wildman–Crippen LogP) is 4.74. The summed E-state index contributed by atoms with van der Waals surface area (Å²) in [6.45, 7) is 4.44. The molecule has 0 atom stereocenters. The van der Waals surface area contributed by atoms with Gasteiger partial charge in [-0.25, -0.2) is 0 Å². The van der Waals surface area contributed by atoms with Gasteiger partial charge in [0, 0.05) is 0 Å². The molecule has 1 nitrogen and oxygen atoms in total. The lowest BCUT2D eigenvalue weighted by Crippen LogP contribution is -2.37. The molecule has 1 aliphatic rings. The molecule has 0 heterocycles. The van der Waals surface area contributed by atoms with Gasteiger partial charge in [-0.05, 0) is 56.2 Å². The third-order valence-corrected chi connectivity index (χ3v) is 4.08. The molecule has 17 heavy (non-hydrogen) atoms. The molecule has 0 spiro atoms. The minimum atomic E-state index is 0.117. The Bertz CT molecular complexity index is 333. The Balaban J connectivity index is 2.06. The highest BCUT2D eigenvalue weighted by Gasteiger charge is 2.32. The van der Waals surface area contributed by atoms with E-state index in [9.17, 15) is 0 Å². The zero-order chi connectivity index (χ0) is 12.1. The molecule has 1 aromatic rings. The molecule has 0 aromatic heterocycles. The van der Waals surface area contributed by atoms with Gasteiger partial charge in [0.25, 0.3) is 0 Å². The van der Waals surface area contributed by atoms with Crippen molar-refractivity contribution < 1.29 is 4.74 Å². The van der Waals surface area contributed by atoms with Gasteiger partial charge in [-0.15, -0.1) is 0 Å². The molecule has 0 unspecified atom stereocenters. The van der Waals surface area contributed by atoms with E-state index in [0.29, 0.717) is 0 Å². The maximum absolute atomic E-state index is 6.29. The molecule has 2 rings (SSSR count). The first-order chi connectivity index (χ1) is 8.28. The molecule has 1 aromatic carbocycles. The second-order valence-electron chi connectivity index (χ2n) is 5.20. The van der Waals surface area contributed by atoms with Gasteiger partial charge in [0.15, 0.2) is 0 Å². The number of hydrogen-bond acceptors (Lipinski definition) is 1. The molecule has 94 valence electrons. The van der Waals surface area contributed by atoms with Crippen LogP contribution in [0.2, 0.25) is 0 Å². The summed E-state index contributed by atoms with van der Waals surface area (Å²) in [6.07, 6.45) is 8.68. The van der Waals surface area contributed by atoms with E-state index < -0.39 is 0 Å². The Hall–Kier alpha value is -0.980. The van der Waals surface area contributed by atoms with E-state index in [4.69, 9.17) is 4.74 Å². The van der Waals surface area contributed by atoms with Crippen molar-refractivity contribution >= 4 is 0 Å². The Kier molecular flexibility index (Phi) is 4.09. The van der Waals surface area contributed by atoms with E-state index in [1.807, 2.05) is 0 Å². The molecule has 1 aliphatic carbocycles. The van der Waals surface area contributed by atoms with E-state index in [2.05, 4.69) is 38.1 Å². The van der Waals surface area contributed by atoms with Crippen molar-refractivity contribution in [2.24, 2.45) is 0 Å². The first-order valence-corrected chi connectivity index (χ1v) is 7.06. The molecule has 0 radical (unpaired) electrons. The smallest absolute Gasteiger partial charge is 0.120 e. The van der Waals surface area contributed by atoms with Gasteiger partial charge >= 0.3 is 0 Å². The number of rotatable bonds is 4. The fourth-order valence-electron chi connectivity index (χ4n) is 2.77. The normalized spacial score (nSPS) is 18.9. The average Bonchev–Trinajstić information content (AvgIpc) is 2.41. The molecule has 0 saturated heterocycles. The highest BCUT2D eigenvalue weighted by molar-refractivity contribution is 5.28. The number of hydrogen-bond donors (Lipinski definition) is 0. The van der Waals surface area contributed by atoms with Gasteiger partial charge in [-0.3, -0.25) is 0 Å². The van der Waals surface area contributed by atoms with Gasteiger partial charge in [0.05, 0.1) is 0 Å². The van der Waals surface area contributed by atoms with Crippen molar-refractivity contribution in [1.82, 2.24) is 0 Å². The SMILES string of the molecule is CCc1ccc(OC2(CC)CCCCC2)cc1. The lowest BCUT2D eigenvalue weighted by Gasteiger charge is -2.37. The highest BCUT2D eigenvalue weighted by Crippen LogP contribution is 2.35. The van der Waals surface area contributed by atoms with Crippen molar-refractivity contribution in [3.05, 3.63) is 29.8 Å². The van der Waals surface area contributed by atoms with E-state index in [0.717, 1.165) is 18.6 Å². The van der Waals surface area contributed by atoms with E-state index in [1.165, 1.54) is 37.7 Å². The van der Waals surface area contributed by atoms with Gasteiger partial charge in [-0.1, -0.05) is 32.4 Å². The highest BCUT2D eigenvalue weighted by atomic mass is 16.5. The summed E-state index contributed by atoms with van der Waals surface area (Å²) in [5, 5.41) is 0. The number of aryl methyl sites for hydroxylation is 1. The van der Waals surface area contributed by atoms with Gasteiger partial charge < -0.3 is 4.74 Å². The van der Waals surface area contributed by atoms with Crippen LogP contribution >= 0.6 is 0 Å². The minimum Gasteiger partial charge on any atom is -0.487 e. The Labute approximate surface area is 105 Å². The third kappa shape index (κ3) is 3.02. The van der Waals surface area contributed by atoms with E-state index >= 15 is 0 Å². The fraction of sp³-hybridized carbons (Fsp3) is 0.625. The minimum absolute atomic E-state index is 0.117. The third-order valence-electron chi connectivity index (χ3n) is 4.08. The van der Waals surface area contributed by atoms with Crippen LogP contribution in [-0.2, 0) is 6.42 Å². The average molecular weight is 232 g/mol. The lowest BCUT2D eigenvalue weighted by atomic mass is 9.82. The summed E-state index contributed by atoms with van der Waals surface area (Å²) < 4.78 is 6.29. The van der Waals surface area contributed by atoms with Crippen molar-refractivity contribution in [2.45, 2.75) is 64.4 Å².